The van der Waals surface area contributed by atoms with Crippen LogP contribution in [-0.4, -0.2) is 25.6 Å². The van der Waals surface area contributed by atoms with Crippen molar-refractivity contribution >= 4 is 5.91 Å². The molecule has 0 bridgehead atoms. The first kappa shape index (κ1) is 13.9. The molecule has 4 heteroatoms. The molecule has 1 aromatic rings. The number of carbonyl (C=O) groups excluding carboxylic acids is 1. The number of nitrogens with one attached hydrogen (secondary N) is 2. The molecule has 0 aliphatic carbocycles. The predicted octanol–water partition coefficient (Wildman–Crippen LogP) is 1.87. The zero-order chi connectivity index (χ0) is 13.8. The van der Waals surface area contributed by atoms with Gasteiger partial charge in [0.15, 0.2) is 0 Å². The molecule has 1 amide bonds. The summed E-state index contributed by atoms with van der Waals surface area (Å²) in [4.78, 5) is 12.2. The normalized spacial score (nSPS) is 23.9. The Morgan fingerprint density at radius 2 is 2.32 bits per heavy atom. The lowest BCUT2D eigenvalue weighted by molar-refractivity contribution is -0.124. The Balaban J connectivity index is 1.99. The summed E-state index contributed by atoms with van der Waals surface area (Å²) in [6.45, 7) is 5.03. The molecule has 1 aliphatic heterocycles. The van der Waals surface area contributed by atoms with Gasteiger partial charge in [0.1, 0.15) is 5.75 Å². The Kier molecular flexibility index (Phi) is 4.43. The van der Waals surface area contributed by atoms with Crippen LogP contribution >= 0.6 is 0 Å². The molecule has 1 aromatic carbocycles. The minimum absolute atomic E-state index is 0.0165. The molecule has 1 aliphatic rings. The zero-order valence-corrected chi connectivity index (χ0v) is 11.8. The zero-order valence-electron chi connectivity index (χ0n) is 11.8. The molecular formula is C15H22N2O2. The average Bonchev–Trinajstić information content (AvgIpc) is 2.85. The monoisotopic (exact) mass is 262 g/mol. The molecule has 1 heterocycles. The summed E-state index contributed by atoms with van der Waals surface area (Å²) in [7, 11) is 1.65. The molecule has 3 atom stereocenters. The molecule has 1 saturated heterocycles. The van der Waals surface area contributed by atoms with E-state index in [9.17, 15) is 4.79 Å². The van der Waals surface area contributed by atoms with Crippen LogP contribution in [0.2, 0.25) is 0 Å². The summed E-state index contributed by atoms with van der Waals surface area (Å²) in [5.74, 6) is 1.30. The van der Waals surface area contributed by atoms with Gasteiger partial charge in [-0.25, -0.2) is 0 Å². The van der Waals surface area contributed by atoms with Crippen molar-refractivity contribution in [2.24, 2.45) is 5.92 Å². The first-order chi connectivity index (χ1) is 9.11. The molecule has 0 spiro atoms. The molecule has 0 aromatic heterocycles. The van der Waals surface area contributed by atoms with Gasteiger partial charge in [-0.3, -0.25) is 4.79 Å². The molecule has 1 fully saturated rings. The summed E-state index contributed by atoms with van der Waals surface area (Å²) >= 11 is 0. The van der Waals surface area contributed by atoms with Crippen LogP contribution in [0.15, 0.2) is 24.3 Å². The highest BCUT2D eigenvalue weighted by Crippen LogP contribution is 2.20. The largest absolute Gasteiger partial charge is 0.497 e. The fraction of sp³-hybridized carbons (Fsp3) is 0.533. The minimum Gasteiger partial charge on any atom is -0.497 e. The van der Waals surface area contributed by atoms with Crippen molar-refractivity contribution in [1.29, 1.82) is 0 Å². The minimum atomic E-state index is -0.0620. The molecule has 0 saturated carbocycles. The Morgan fingerprint density at radius 1 is 1.53 bits per heavy atom. The first-order valence-electron chi connectivity index (χ1n) is 6.79. The van der Waals surface area contributed by atoms with Crippen LogP contribution in [0.4, 0.5) is 0 Å². The third-order valence-electron chi connectivity index (χ3n) is 3.77. The number of amides is 1. The second-order valence-corrected chi connectivity index (χ2v) is 5.20. The van der Waals surface area contributed by atoms with E-state index in [-0.39, 0.29) is 18.0 Å². The maximum Gasteiger partial charge on any atom is 0.237 e. The lowest BCUT2D eigenvalue weighted by Crippen LogP contribution is -2.44. The van der Waals surface area contributed by atoms with Gasteiger partial charge in [0.2, 0.25) is 5.91 Å². The van der Waals surface area contributed by atoms with Gasteiger partial charge in [0.25, 0.3) is 0 Å². The summed E-state index contributed by atoms with van der Waals surface area (Å²) in [6.07, 6.45) is 1.06. The number of methoxy groups -OCH3 is 1. The SMILES string of the molecule is COc1cccc([C@@H](C)NC(=O)C2NCCC2C)c1. The van der Waals surface area contributed by atoms with E-state index in [0.717, 1.165) is 24.3 Å². The first-order valence-corrected chi connectivity index (χ1v) is 6.79. The van der Waals surface area contributed by atoms with E-state index in [1.807, 2.05) is 31.2 Å². The third kappa shape index (κ3) is 3.26. The van der Waals surface area contributed by atoms with Gasteiger partial charge in [-0.05, 0) is 43.5 Å². The van der Waals surface area contributed by atoms with Crippen molar-refractivity contribution in [2.75, 3.05) is 13.7 Å². The van der Waals surface area contributed by atoms with Crippen LogP contribution < -0.4 is 15.4 Å². The lowest BCUT2D eigenvalue weighted by Gasteiger charge is -2.20. The standard InChI is InChI=1S/C15H22N2O2/c1-10-7-8-16-14(10)15(18)17-11(2)12-5-4-6-13(9-12)19-3/h4-6,9-11,14,16H,7-8H2,1-3H3,(H,17,18)/t10?,11-,14?/m1/s1. The predicted molar refractivity (Wildman–Crippen MR) is 75.1 cm³/mol. The highest BCUT2D eigenvalue weighted by Gasteiger charge is 2.29. The number of carbonyl (C=O) groups is 1. The molecule has 0 radical (unpaired) electrons. The third-order valence-corrected chi connectivity index (χ3v) is 3.77. The van der Waals surface area contributed by atoms with Crippen LogP contribution in [0.5, 0.6) is 5.75 Å². The van der Waals surface area contributed by atoms with E-state index in [1.165, 1.54) is 0 Å². The Hall–Kier alpha value is -1.55. The molecule has 104 valence electrons. The van der Waals surface area contributed by atoms with Crippen molar-refractivity contribution in [3.63, 3.8) is 0 Å². The van der Waals surface area contributed by atoms with Crippen LogP contribution in [0, 0.1) is 5.92 Å². The highest BCUT2D eigenvalue weighted by molar-refractivity contribution is 5.82. The van der Waals surface area contributed by atoms with Crippen LogP contribution in [0.25, 0.3) is 0 Å². The van der Waals surface area contributed by atoms with Crippen molar-refractivity contribution in [2.45, 2.75) is 32.4 Å². The van der Waals surface area contributed by atoms with Gasteiger partial charge in [-0.2, -0.15) is 0 Å². The maximum absolute atomic E-state index is 12.2. The highest BCUT2D eigenvalue weighted by atomic mass is 16.5. The van der Waals surface area contributed by atoms with Gasteiger partial charge in [0.05, 0.1) is 19.2 Å². The van der Waals surface area contributed by atoms with E-state index < -0.39 is 0 Å². The van der Waals surface area contributed by atoms with Gasteiger partial charge < -0.3 is 15.4 Å². The van der Waals surface area contributed by atoms with E-state index >= 15 is 0 Å². The number of benzene rings is 1. The second kappa shape index (κ2) is 6.06. The molecular weight excluding hydrogens is 240 g/mol. The van der Waals surface area contributed by atoms with E-state index in [2.05, 4.69) is 17.6 Å². The van der Waals surface area contributed by atoms with Crippen LogP contribution in [0.1, 0.15) is 31.9 Å². The lowest BCUT2D eigenvalue weighted by atomic mass is 10.0. The van der Waals surface area contributed by atoms with Gasteiger partial charge in [0, 0.05) is 0 Å². The summed E-state index contributed by atoms with van der Waals surface area (Å²) in [5, 5.41) is 6.31. The Morgan fingerprint density at radius 3 is 2.95 bits per heavy atom. The van der Waals surface area contributed by atoms with Crippen LogP contribution in [-0.2, 0) is 4.79 Å². The summed E-state index contributed by atoms with van der Waals surface area (Å²) < 4.78 is 5.20. The van der Waals surface area contributed by atoms with Crippen LogP contribution in [0.3, 0.4) is 0 Å². The van der Waals surface area contributed by atoms with Crippen molar-refractivity contribution in [1.82, 2.24) is 10.6 Å². The van der Waals surface area contributed by atoms with Gasteiger partial charge >= 0.3 is 0 Å². The number of hydrogen-bond donors (Lipinski definition) is 2. The summed E-state index contributed by atoms with van der Waals surface area (Å²) in [6, 6.07) is 7.71. The average molecular weight is 262 g/mol. The topological polar surface area (TPSA) is 50.4 Å². The second-order valence-electron chi connectivity index (χ2n) is 5.20. The van der Waals surface area contributed by atoms with Gasteiger partial charge in [-0.15, -0.1) is 0 Å². The van der Waals surface area contributed by atoms with Crippen molar-refractivity contribution in [3.8, 4) is 5.75 Å². The maximum atomic E-state index is 12.2. The molecule has 4 nitrogen and oxygen atoms in total. The molecule has 2 N–H and O–H groups in total. The van der Waals surface area contributed by atoms with E-state index in [4.69, 9.17) is 4.74 Å². The smallest absolute Gasteiger partial charge is 0.237 e. The van der Waals surface area contributed by atoms with E-state index in [1.54, 1.807) is 7.11 Å². The number of rotatable bonds is 4. The van der Waals surface area contributed by atoms with Crippen molar-refractivity contribution in [3.05, 3.63) is 29.8 Å². The summed E-state index contributed by atoms with van der Waals surface area (Å²) in [5.41, 5.74) is 1.05. The Labute approximate surface area is 114 Å². The molecule has 2 unspecified atom stereocenters. The molecule has 2 rings (SSSR count). The van der Waals surface area contributed by atoms with Gasteiger partial charge in [-0.1, -0.05) is 19.1 Å². The van der Waals surface area contributed by atoms with E-state index in [0.29, 0.717) is 5.92 Å². The number of ether oxygens (including phenoxy) is 1. The fourth-order valence-corrected chi connectivity index (χ4v) is 2.48. The number of hydrogen-bond acceptors (Lipinski definition) is 3. The quantitative estimate of drug-likeness (QED) is 0.871. The van der Waals surface area contributed by atoms with Crippen molar-refractivity contribution < 1.29 is 9.53 Å². The Bertz CT molecular complexity index is 448. The molecule has 19 heavy (non-hydrogen) atoms. The fourth-order valence-electron chi connectivity index (χ4n) is 2.48.